The van der Waals surface area contributed by atoms with Crippen LogP contribution in [0.5, 0.6) is 0 Å². The van der Waals surface area contributed by atoms with Crippen molar-refractivity contribution in [2.45, 2.75) is 38.8 Å². The third-order valence-corrected chi connectivity index (χ3v) is 2.96. The molecule has 0 saturated carbocycles. The first kappa shape index (κ1) is 14.4. The Morgan fingerprint density at radius 2 is 2.12 bits per heavy atom. The molecular formula is C13H19ClFNO. The molecule has 0 heterocycles. The lowest BCUT2D eigenvalue weighted by molar-refractivity contribution is 0.0416. The molecule has 96 valence electrons. The molecule has 1 aromatic carbocycles. The van der Waals surface area contributed by atoms with Gasteiger partial charge in [-0.2, -0.15) is 0 Å². The zero-order valence-electron chi connectivity index (χ0n) is 10.2. The molecular weight excluding hydrogens is 241 g/mol. The van der Waals surface area contributed by atoms with Gasteiger partial charge < -0.3 is 10.5 Å². The van der Waals surface area contributed by atoms with Crippen molar-refractivity contribution in [3.63, 3.8) is 0 Å². The molecule has 2 unspecified atom stereocenters. The predicted octanol–water partition coefficient (Wildman–Crippen LogP) is 3.16. The lowest BCUT2D eigenvalue weighted by Gasteiger charge is -2.22. The van der Waals surface area contributed by atoms with Gasteiger partial charge >= 0.3 is 0 Å². The maximum Gasteiger partial charge on any atom is 0.126 e. The summed E-state index contributed by atoms with van der Waals surface area (Å²) in [6, 6.07) is 4.31. The molecule has 0 aliphatic heterocycles. The van der Waals surface area contributed by atoms with Crippen molar-refractivity contribution in [3.8, 4) is 0 Å². The fourth-order valence-corrected chi connectivity index (χ4v) is 2.04. The van der Waals surface area contributed by atoms with Gasteiger partial charge in [-0.25, -0.2) is 4.39 Å². The molecule has 0 aliphatic carbocycles. The van der Waals surface area contributed by atoms with Gasteiger partial charge in [0.25, 0.3) is 0 Å². The summed E-state index contributed by atoms with van der Waals surface area (Å²) in [5.41, 5.74) is 6.58. The minimum atomic E-state index is -0.267. The summed E-state index contributed by atoms with van der Waals surface area (Å²) >= 11 is 5.84. The maximum absolute atomic E-state index is 13.5. The van der Waals surface area contributed by atoms with Crippen molar-refractivity contribution in [2.24, 2.45) is 5.73 Å². The molecule has 2 atom stereocenters. The van der Waals surface area contributed by atoms with E-state index in [1.54, 1.807) is 6.07 Å². The minimum Gasteiger partial charge on any atom is -0.377 e. The quantitative estimate of drug-likeness (QED) is 0.852. The van der Waals surface area contributed by atoms with Crippen LogP contribution >= 0.6 is 11.6 Å². The SMILES string of the molecule is CCOC(CC)C(N)Cc1cc(Cl)ccc1F. The molecule has 4 heteroatoms. The van der Waals surface area contributed by atoms with Crippen LogP contribution in [-0.2, 0) is 11.2 Å². The van der Waals surface area contributed by atoms with E-state index in [1.807, 2.05) is 13.8 Å². The largest absolute Gasteiger partial charge is 0.377 e. The Balaban J connectivity index is 2.72. The average Bonchev–Trinajstić information content (AvgIpc) is 2.30. The molecule has 0 bridgehead atoms. The number of halogens is 2. The first-order valence-electron chi connectivity index (χ1n) is 5.89. The topological polar surface area (TPSA) is 35.2 Å². The molecule has 0 radical (unpaired) electrons. The van der Waals surface area contributed by atoms with Crippen molar-refractivity contribution >= 4 is 11.6 Å². The van der Waals surface area contributed by atoms with Crippen LogP contribution in [0.2, 0.25) is 5.02 Å². The van der Waals surface area contributed by atoms with Crippen molar-refractivity contribution in [1.29, 1.82) is 0 Å². The van der Waals surface area contributed by atoms with Gasteiger partial charge in [0.15, 0.2) is 0 Å². The number of rotatable bonds is 6. The van der Waals surface area contributed by atoms with Crippen LogP contribution in [0.25, 0.3) is 0 Å². The molecule has 2 N–H and O–H groups in total. The summed E-state index contributed by atoms with van der Waals surface area (Å²) in [5, 5.41) is 0.526. The van der Waals surface area contributed by atoms with Gasteiger partial charge in [-0.05, 0) is 43.5 Å². The van der Waals surface area contributed by atoms with Crippen LogP contribution in [0.3, 0.4) is 0 Å². The van der Waals surface area contributed by atoms with Crippen molar-refractivity contribution in [3.05, 3.63) is 34.6 Å². The van der Waals surface area contributed by atoms with E-state index in [1.165, 1.54) is 12.1 Å². The number of hydrogen-bond acceptors (Lipinski definition) is 2. The first-order chi connectivity index (χ1) is 8.08. The van der Waals surface area contributed by atoms with Crippen LogP contribution in [0.15, 0.2) is 18.2 Å². The Labute approximate surface area is 107 Å². The molecule has 0 spiro atoms. The minimum absolute atomic E-state index is 0.0432. The summed E-state index contributed by atoms with van der Waals surface area (Å²) < 4.78 is 19.0. The Bertz CT molecular complexity index is 359. The monoisotopic (exact) mass is 259 g/mol. The molecule has 0 fully saturated rings. The third-order valence-electron chi connectivity index (χ3n) is 2.72. The van der Waals surface area contributed by atoms with E-state index < -0.39 is 0 Å². The van der Waals surface area contributed by atoms with Crippen LogP contribution in [0.1, 0.15) is 25.8 Å². The predicted molar refractivity (Wildman–Crippen MR) is 68.8 cm³/mol. The number of benzene rings is 1. The van der Waals surface area contributed by atoms with E-state index in [0.29, 0.717) is 23.6 Å². The standard InChI is InChI=1S/C13H19ClFNO/c1-3-13(17-4-2)12(16)8-9-7-10(14)5-6-11(9)15/h5-7,12-13H,3-4,8,16H2,1-2H3. The summed E-state index contributed by atoms with van der Waals surface area (Å²) in [7, 11) is 0. The summed E-state index contributed by atoms with van der Waals surface area (Å²) in [6.07, 6.45) is 1.21. The van der Waals surface area contributed by atoms with Gasteiger partial charge in [-0.15, -0.1) is 0 Å². The van der Waals surface area contributed by atoms with Crippen LogP contribution < -0.4 is 5.73 Å². The third kappa shape index (κ3) is 4.26. The number of nitrogens with two attached hydrogens (primary N) is 1. The van der Waals surface area contributed by atoms with E-state index >= 15 is 0 Å². The van der Waals surface area contributed by atoms with E-state index in [-0.39, 0.29) is 18.0 Å². The molecule has 0 saturated heterocycles. The number of hydrogen-bond donors (Lipinski definition) is 1. The van der Waals surface area contributed by atoms with Crippen LogP contribution in [0, 0.1) is 5.82 Å². The highest BCUT2D eigenvalue weighted by Gasteiger charge is 2.18. The first-order valence-corrected chi connectivity index (χ1v) is 6.27. The fourth-order valence-electron chi connectivity index (χ4n) is 1.84. The Morgan fingerprint density at radius 1 is 1.41 bits per heavy atom. The second-order valence-corrected chi connectivity index (χ2v) is 4.44. The normalized spacial score (nSPS) is 14.6. The smallest absolute Gasteiger partial charge is 0.126 e. The summed E-state index contributed by atoms with van der Waals surface area (Å²) in [5.74, 6) is -0.267. The van der Waals surface area contributed by atoms with Gasteiger partial charge in [0.2, 0.25) is 0 Å². The van der Waals surface area contributed by atoms with Crippen molar-refractivity contribution in [1.82, 2.24) is 0 Å². The van der Waals surface area contributed by atoms with Gasteiger partial charge in [0, 0.05) is 17.7 Å². The molecule has 17 heavy (non-hydrogen) atoms. The average molecular weight is 260 g/mol. The summed E-state index contributed by atoms with van der Waals surface area (Å²) in [6.45, 7) is 4.55. The summed E-state index contributed by atoms with van der Waals surface area (Å²) in [4.78, 5) is 0. The molecule has 1 rings (SSSR count). The highest BCUT2D eigenvalue weighted by molar-refractivity contribution is 6.30. The second-order valence-electron chi connectivity index (χ2n) is 4.01. The second kappa shape index (κ2) is 6.94. The molecule has 0 aliphatic rings. The highest BCUT2D eigenvalue weighted by Crippen LogP contribution is 2.17. The molecule has 2 nitrogen and oxygen atoms in total. The van der Waals surface area contributed by atoms with Gasteiger partial charge in [-0.1, -0.05) is 18.5 Å². The fraction of sp³-hybridized carbons (Fsp3) is 0.538. The van der Waals surface area contributed by atoms with E-state index in [2.05, 4.69) is 0 Å². The van der Waals surface area contributed by atoms with Gasteiger partial charge in [0.1, 0.15) is 5.82 Å². The van der Waals surface area contributed by atoms with Crippen LogP contribution in [0.4, 0.5) is 4.39 Å². The van der Waals surface area contributed by atoms with E-state index in [4.69, 9.17) is 22.1 Å². The highest BCUT2D eigenvalue weighted by atomic mass is 35.5. The van der Waals surface area contributed by atoms with E-state index in [0.717, 1.165) is 6.42 Å². The molecule has 0 aromatic heterocycles. The zero-order chi connectivity index (χ0) is 12.8. The van der Waals surface area contributed by atoms with Gasteiger partial charge in [0.05, 0.1) is 6.10 Å². The molecule has 0 amide bonds. The maximum atomic E-state index is 13.5. The lowest BCUT2D eigenvalue weighted by atomic mass is 10.00. The Morgan fingerprint density at radius 3 is 2.71 bits per heavy atom. The Kier molecular flexibility index (Phi) is 5.89. The van der Waals surface area contributed by atoms with Crippen molar-refractivity contribution in [2.75, 3.05) is 6.61 Å². The molecule has 1 aromatic rings. The number of ether oxygens (including phenoxy) is 1. The lowest BCUT2D eigenvalue weighted by Crippen LogP contribution is -2.38. The van der Waals surface area contributed by atoms with E-state index in [9.17, 15) is 4.39 Å². The van der Waals surface area contributed by atoms with Crippen LogP contribution in [-0.4, -0.2) is 18.8 Å². The Hall–Kier alpha value is -0.640. The zero-order valence-corrected chi connectivity index (χ0v) is 11.0. The van der Waals surface area contributed by atoms with Gasteiger partial charge in [-0.3, -0.25) is 0 Å². The van der Waals surface area contributed by atoms with Crippen molar-refractivity contribution < 1.29 is 9.13 Å².